The summed E-state index contributed by atoms with van der Waals surface area (Å²) >= 11 is 1.79. The highest BCUT2D eigenvalue weighted by molar-refractivity contribution is 8.00. The second kappa shape index (κ2) is 10.3. The summed E-state index contributed by atoms with van der Waals surface area (Å²) in [6.45, 7) is 8.03. The van der Waals surface area contributed by atoms with E-state index in [0.717, 1.165) is 32.1 Å². The zero-order valence-electron chi connectivity index (χ0n) is 10.1. The van der Waals surface area contributed by atoms with Crippen LogP contribution >= 0.6 is 11.8 Å². The smallest absolute Gasteiger partial charge is 0.142 e. The fraction of sp³-hybridized carbons (Fsp3) is 0.769. The van der Waals surface area contributed by atoms with Crippen LogP contribution in [0, 0.1) is 0 Å². The first-order valence-electron chi connectivity index (χ1n) is 5.94. The van der Waals surface area contributed by atoms with Crippen LogP contribution in [0.2, 0.25) is 0 Å². The van der Waals surface area contributed by atoms with Crippen molar-refractivity contribution < 1.29 is 4.79 Å². The van der Waals surface area contributed by atoms with E-state index in [2.05, 4.69) is 20.4 Å². The maximum absolute atomic E-state index is 11.5. The van der Waals surface area contributed by atoms with Crippen LogP contribution in [0.5, 0.6) is 0 Å². The lowest BCUT2D eigenvalue weighted by atomic mass is 10.1. The highest BCUT2D eigenvalue weighted by atomic mass is 32.2. The molecule has 1 unspecified atom stereocenters. The van der Waals surface area contributed by atoms with Gasteiger partial charge in [-0.3, -0.25) is 4.79 Å². The molecule has 88 valence electrons. The van der Waals surface area contributed by atoms with E-state index in [0.29, 0.717) is 16.8 Å². The van der Waals surface area contributed by atoms with Gasteiger partial charge in [-0.1, -0.05) is 26.3 Å². The molecule has 0 spiro atoms. The molecule has 0 aromatic heterocycles. The van der Waals surface area contributed by atoms with Gasteiger partial charge in [0.05, 0.1) is 5.75 Å². The zero-order chi connectivity index (χ0) is 11.5. The van der Waals surface area contributed by atoms with Crippen molar-refractivity contribution in [2.75, 3.05) is 5.75 Å². The summed E-state index contributed by atoms with van der Waals surface area (Å²) in [7, 11) is 0. The molecular weight excluding hydrogens is 204 g/mol. The number of allylic oxidation sites excluding steroid dienone is 1. The zero-order valence-corrected chi connectivity index (χ0v) is 10.9. The van der Waals surface area contributed by atoms with Crippen LogP contribution in [0.3, 0.4) is 0 Å². The summed E-state index contributed by atoms with van der Waals surface area (Å²) in [6, 6.07) is 0. The van der Waals surface area contributed by atoms with Gasteiger partial charge in [0.25, 0.3) is 0 Å². The van der Waals surface area contributed by atoms with Crippen LogP contribution in [-0.4, -0.2) is 16.8 Å². The first kappa shape index (κ1) is 14.8. The van der Waals surface area contributed by atoms with Gasteiger partial charge in [-0.2, -0.15) is 11.8 Å². The lowest BCUT2D eigenvalue weighted by molar-refractivity contribution is -0.116. The Bertz CT molecular complexity index is 177. The van der Waals surface area contributed by atoms with E-state index < -0.39 is 0 Å². The number of carbonyl (C=O) groups excluding carboxylic acids is 1. The van der Waals surface area contributed by atoms with Gasteiger partial charge < -0.3 is 0 Å². The number of unbranched alkanes of at least 4 members (excludes halogenated alkanes) is 3. The van der Waals surface area contributed by atoms with Crippen LogP contribution in [0.15, 0.2) is 12.7 Å². The van der Waals surface area contributed by atoms with Gasteiger partial charge >= 0.3 is 0 Å². The molecule has 0 aliphatic heterocycles. The number of Topliss-reactive ketones (excluding diaryl/α,β-unsaturated/α-hetero) is 1. The van der Waals surface area contributed by atoms with E-state index >= 15 is 0 Å². The average Bonchev–Trinajstić information content (AvgIpc) is 2.25. The maximum atomic E-state index is 11.5. The molecule has 2 heteroatoms. The molecule has 0 saturated heterocycles. The summed E-state index contributed by atoms with van der Waals surface area (Å²) in [5.74, 6) is 1.12. The second-order valence-electron chi connectivity index (χ2n) is 3.96. The lowest BCUT2D eigenvalue weighted by Gasteiger charge is -2.06. The van der Waals surface area contributed by atoms with E-state index in [9.17, 15) is 4.79 Å². The average molecular weight is 228 g/mol. The number of thioether (sulfide) groups is 1. The van der Waals surface area contributed by atoms with Crippen LogP contribution in [0.25, 0.3) is 0 Å². The highest BCUT2D eigenvalue weighted by Crippen LogP contribution is 2.14. The molecule has 15 heavy (non-hydrogen) atoms. The van der Waals surface area contributed by atoms with Crippen molar-refractivity contribution in [2.24, 2.45) is 0 Å². The first-order chi connectivity index (χ1) is 7.20. The third-order valence-electron chi connectivity index (χ3n) is 2.47. The Morgan fingerprint density at radius 1 is 1.40 bits per heavy atom. The molecule has 0 bridgehead atoms. The molecule has 0 saturated carbocycles. The fourth-order valence-corrected chi connectivity index (χ4v) is 2.06. The van der Waals surface area contributed by atoms with Crippen molar-refractivity contribution in [3.05, 3.63) is 12.7 Å². The molecule has 0 amide bonds. The Balaban J connectivity index is 3.29. The van der Waals surface area contributed by atoms with Crippen LogP contribution < -0.4 is 0 Å². The summed E-state index contributed by atoms with van der Waals surface area (Å²) < 4.78 is 0. The van der Waals surface area contributed by atoms with Gasteiger partial charge in [-0.15, -0.1) is 6.58 Å². The number of hydrogen-bond acceptors (Lipinski definition) is 2. The minimum absolute atomic E-state index is 0.416. The lowest BCUT2D eigenvalue weighted by Crippen LogP contribution is -2.05. The Hall–Kier alpha value is -0.240. The summed E-state index contributed by atoms with van der Waals surface area (Å²) in [5, 5.41) is 0.620. The summed E-state index contributed by atoms with van der Waals surface area (Å²) in [6.07, 6.45) is 8.32. The largest absolute Gasteiger partial charge is 0.299 e. The number of hydrogen-bond donors (Lipinski definition) is 0. The van der Waals surface area contributed by atoms with Gasteiger partial charge in [0.15, 0.2) is 0 Å². The van der Waals surface area contributed by atoms with Crippen molar-refractivity contribution in [3.8, 4) is 0 Å². The third kappa shape index (κ3) is 10.1. The molecule has 0 radical (unpaired) electrons. The molecule has 0 aromatic carbocycles. The van der Waals surface area contributed by atoms with Crippen molar-refractivity contribution in [3.63, 3.8) is 0 Å². The molecule has 0 aromatic rings. The predicted molar refractivity (Wildman–Crippen MR) is 70.5 cm³/mol. The molecule has 1 nitrogen and oxygen atoms in total. The molecular formula is C13H24OS. The van der Waals surface area contributed by atoms with Gasteiger partial charge in [0, 0.05) is 11.7 Å². The van der Waals surface area contributed by atoms with Crippen molar-refractivity contribution in [2.45, 2.75) is 57.6 Å². The Morgan fingerprint density at radius 2 is 2.13 bits per heavy atom. The number of rotatable bonds is 10. The quantitative estimate of drug-likeness (QED) is 0.411. The number of ketones is 1. The molecule has 0 rings (SSSR count). The van der Waals surface area contributed by atoms with E-state index in [4.69, 9.17) is 0 Å². The molecule has 0 heterocycles. The standard InChI is InChI=1S/C13H24OS/c1-4-6-7-8-9-10-13(14)11-15-12(3)5-2/h4,12H,1,5-11H2,2-3H3. The summed E-state index contributed by atoms with van der Waals surface area (Å²) in [5.41, 5.74) is 0. The van der Waals surface area contributed by atoms with Crippen molar-refractivity contribution in [1.29, 1.82) is 0 Å². The van der Waals surface area contributed by atoms with Crippen molar-refractivity contribution in [1.82, 2.24) is 0 Å². The Morgan fingerprint density at radius 3 is 2.73 bits per heavy atom. The van der Waals surface area contributed by atoms with Crippen molar-refractivity contribution >= 4 is 17.5 Å². The maximum Gasteiger partial charge on any atom is 0.142 e. The SMILES string of the molecule is C=CCCCCCC(=O)CSC(C)CC. The van der Waals surface area contributed by atoms with Gasteiger partial charge in [0.2, 0.25) is 0 Å². The molecule has 0 N–H and O–H groups in total. The minimum Gasteiger partial charge on any atom is -0.299 e. The second-order valence-corrected chi connectivity index (χ2v) is 5.38. The number of carbonyl (C=O) groups is 1. The minimum atomic E-state index is 0.416. The third-order valence-corrected chi connectivity index (χ3v) is 3.86. The normalized spacial score (nSPS) is 12.4. The highest BCUT2D eigenvalue weighted by Gasteiger charge is 2.05. The van der Waals surface area contributed by atoms with Gasteiger partial charge in [0.1, 0.15) is 5.78 Å². The Kier molecular flexibility index (Phi) is 10.1. The van der Waals surface area contributed by atoms with Gasteiger partial charge in [-0.05, 0) is 25.7 Å². The summed E-state index contributed by atoms with van der Waals surface area (Å²) in [4.78, 5) is 11.5. The fourth-order valence-electron chi connectivity index (χ4n) is 1.21. The van der Waals surface area contributed by atoms with Crippen LogP contribution in [0.4, 0.5) is 0 Å². The van der Waals surface area contributed by atoms with Crippen LogP contribution in [0.1, 0.15) is 52.4 Å². The molecule has 0 fully saturated rings. The van der Waals surface area contributed by atoms with E-state index in [1.807, 2.05) is 6.08 Å². The van der Waals surface area contributed by atoms with E-state index in [-0.39, 0.29) is 0 Å². The van der Waals surface area contributed by atoms with Gasteiger partial charge in [-0.25, -0.2) is 0 Å². The van der Waals surface area contributed by atoms with E-state index in [1.54, 1.807) is 11.8 Å². The predicted octanol–water partition coefficient (Wildman–Crippen LogP) is 4.22. The van der Waals surface area contributed by atoms with E-state index in [1.165, 1.54) is 6.42 Å². The topological polar surface area (TPSA) is 17.1 Å². The Labute approximate surface area is 98.7 Å². The monoisotopic (exact) mass is 228 g/mol. The molecule has 0 aliphatic rings. The molecule has 1 atom stereocenters. The molecule has 0 aliphatic carbocycles. The van der Waals surface area contributed by atoms with Crippen LogP contribution in [-0.2, 0) is 4.79 Å². The first-order valence-corrected chi connectivity index (χ1v) is 6.99.